The molecule has 248 valence electrons. The maximum Gasteiger partial charge on any atom is 0.210 e. The Morgan fingerprint density at radius 2 is 1.29 bits per heavy atom. The van der Waals surface area contributed by atoms with Gasteiger partial charge in [-0.15, -0.1) is 0 Å². The predicted octanol–water partition coefficient (Wildman–Crippen LogP) is 12.2. The maximum absolute atomic E-state index is 2.48. The second-order valence-corrected chi connectivity index (χ2v) is 15.2. The predicted molar refractivity (Wildman–Crippen MR) is 211 cm³/mol. The molecule has 0 radical (unpaired) electrons. The summed E-state index contributed by atoms with van der Waals surface area (Å²) in [6.07, 6.45) is 29.1. The first kappa shape index (κ1) is 31.8. The molecule has 4 aromatic rings. The zero-order valence-electron chi connectivity index (χ0n) is 29.9. The first-order valence-corrected chi connectivity index (χ1v) is 18.7. The van der Waals surface area contributed by atoms with Crippen LogP contribution in [0.15, 0.2) is 132 Å². The van der Waals surface area contributed by atoms with Crippen molar-refractivity contribution in [1.29, 1.82) is 0 Å². The molecule has 4 aliphatic rings. The minimum atomic E-state index is 0.110. The number of nitrogens with zero attached hydrogens (tertiary/aromatic N) is 2. The second kappa shape index (κ2) is 12.8. The third kappa shape index (κ3) is 5.27. The van der Waals surface area contributed by atoms with E-state index in [2.05, 4.69) is 153 Å². The van der Waals surface area contributed by atoms with Crippen LogP contribution < -0.4 is 4.90 Å². The minimum Gasteiger partial charge on any atom is -0.347 e. The number of anilines is 1. The van der Waals surface area contributed by atoms with E-state index in [9.17, 15) is 0 Å². The van der Waals surface area contributed by atoms with Crippen molar-refractivity contribution in [2.45, 2.75) is 88.9 Å². The SMILES string of the molecule is CC(=C\C=C\C1=[N+](C)c2ccc3ccccc3c2C12CCCCC2)/C=C(C)/C=C/C=C1/N(C)c2ccc3ccccc3c2C12CCCCC2. The molecule has 2 heteroatoms. The van der Waals surface area contributed by atoms with Crippen LogP contribution in [0.5, 0.6) is 0 Å². The molecule has 0 aromatic heterocycles. The molecule has 2 nitrogen and oxygen atoms in total. The summed E-state index contributed by atoms with van der Waals surface area (Å²) < 4.78 is 2.48. The highest BCUT2D eigenvalue weighted by atomic mass is 15.2. The molecule has 2 spiro atoms. The fraction of sp³-hybridized carbons (Fsp3) is 0.340. The Hall–Kier alpha value is -4.43. The monoisotopic (exact) mass is 643 g/mol. The molecule has 0 amide bonds. The van der Waals surface area contributed by atoms with Crippen LogP contribution in [0.2, 0.25) is 0 Å². The van der Waals surface area contributed by atoms with Gasteiger partial charge in [-0.3, -0.25) is 0 Å². The first-order valence-electron chi connectivity index (χ1n) is 18.7. The van der Waals surface area contributed by atoms with Gasteiger partial charge in [-0.2, -0.15) is 4.58 Å². The van der Waals surface area contributed by atoms with Crippen LogP contribution in [0.3, 0.4) is 0 Å². The third-order valence-corrected chi connectivity index (χ3v) is 12.3. The summed E-state index contributed by atoms with van der Waals surface area (Å²) in [6.45, 7) is 4.46. The van der Waals surface area contributed by atoms with Crippen molar-refractivity contribution in [3.63, 3.8) is 0 Å². The van der Waals surface area contributed by atoms with Crippen molar-refractivity contribution in [3.8, 4) is 0 Å². The van der Waals surface area contributed by atoms with Gasteiger partial charge in [-0.05, 0) is 84.8 Å². The quantitative estimate of drug-likeness (QED) is 0.155. The summed E-state index contributed by atoms with van der Waals surface area (Å²) in [7, 11) is 4.55. The van der Waals surface area contributed by atoms with Crippen molar-refractivity contribution in [1.82, 2.24) is 0 Å². The molecule has 2 saturated carbocycles. The summed E-state index contributed by atoms with van der Waals surface area (Å²) in [4.78, 5) is 2.48. The average Bonchev–Trinajstić information content (AvgIpc) is 3.49. The summed E-state index contributed by atoms with van der Waals surface area (Å²) in [5.41, 5.74) is 11.6. The molecule has 0 unspecified atom stereocenters. The van der Waals surface area contributed by atoms with E-state index in [0.29, 0.717) is 0 Å². The standard InChI is InChI=1S/C47H51N2/c1-34(17-15-23-42-46(29-11-5-12-30-46)44-38-21-9-7-19-36(38)25-27-40(44)48(42)3)33-35(2)18-16-24-43-47(31-13-6-14-32-47)45-39-22-10-8-20-37(39)26-28-41(45)49(43)4/h7-10,15-28,33H,5-6,11-14,29-32H2,1-4H3/q+1. The lowest BCUT2D eigenvalue weighted by Gasteiger charge is -2.36. The van der Waals surface area contributed by atoms with Crippen LogP contribution in [0.25, 0.3) is 21.5 Å². The van der Waals surface area contributed by atoms with Crippen molar-refractivity contribution in [2.75, 3.05) is 19.0 Å². The third-order valence-electron chi connectivity index (χ3n) is 12.3. The van der Waals surface area contributed by atoms with Crippen molar-refractivity contribution >= 4 is 38.6 Å². The lowest BCUT2D eigenvalue weighted by atomic mass is 9.66. The number of allylic oxidation sites excluding steroid dienone is 10. The fourth-order valence-corrected chi connectivity index (χ4v) is 10.1. The molecule has 8 rings (SSSR count). The average molecular weight is 644 g/mol. The Balaban J connectivity index is 1.05. The summed E-state index contributed by atoms with van der Waals surface area (Å²) >= 11 is 0. The number of benzene rings is 4. The molecule has 0 N–H and O–H groups in total. The van der Waals surface area contributed by atoms with Crippen LogP contribution in [0.1, 0.15) is 89.2 Å². The molecule has 0 saturated heterocycles. The Bertz CT molecular complexity index is 2120. The van der Waals surface area contributed by atoms with Crippen molar-refractivity contribution in [2.24, 2.45) is 0 Å². The van der Waals surface area contributed by atoms with E-state index in [4.69, 9.17) is 0 Å². The van der Waals surface area contributed by atoms with E-state index in [1.54, 1.807) is 11.1 Å². The van der Waals surface area contributed by atoms with Crippen LogP contribution in [0, 0.1) is 0 Å². The molecule has 2 aliphatic carbocycles. The summed E-state index contributed by atoms with van der Waals surface area (Å²) in [6, 6.07) is 27.3. The number of hydrogen-bond donors (Lipinski definition) is 0. The van der Waals surface area contributed by atoms with Gasteiger partial charge in [0.1, 0.15) is 7.05 Å². The maximum atomic E-state index is 2.48. The molecule has 2 aliphatic heterocycles. The Labute approximate surface area is 293 Å². The van der Waals surface area contributed by atoms with Gasteiger partial charge in [0.25, 0.3) is 0 Å². The number of fused-ring (bicyclic) bond motifs is 8. The van der Waals surface area contributed by atoms with Crippen molar-refractivity contribution < 1.29 is 4.58 Å². The lowest BCUT2D eigenvalue weighted by molar-refractivity contribution is -0.401. The highest BCUT2D eigenvalue weighted by Crippen LogP contribution is 2.57. The van der Waals surface area contributed by atoms with Gasteiger partial charge in [0.15, 0.2) is 5.71 Å². The van der Waals surface area contributed by atoms with E-state index in [1.165, 1.54) is 120 Å². The van der Waals surface area contributed by atoms with Gasteiger partial charge >= 0.3 is 0 Å². The Morgan fingerprint density at radius 3 is 1.98 bits per heavy atom. The zero-order valence-corrected chi connectivity index (χ0v) is 29.9. The van der Waals surface area contributed by atoms with Gasteiger partial charge in [-0.1, -0.05) is 135 Å². The number of hydrogen-bond acceptors (Lipinski definition) is 1. The molecular formula is C47H51N2+. The lowest BCUT2D eigenvalue weighted by Crippen LogP contribution is -2.36. The topological polar surface area (TPSA) is 6.25 Å². The van der Waals surface area contributed by atoms with E-state index in [-0.39, 0.29) is 10.8 Å². The van der Waals surface area contributed by atoms with Gasteiger partial charge in [-0.25, -0.2) is 0 Å². The van der Waals surface area contributed by atoms with Gasteiger partial charge in [0, 0.05) is 41.6 Å². The normalized spacial score (nSPS) is 21.4. The molecule has 4 aromatic carbocycles. The second-order valence-electron chi connectivity index (χ2n) is 15.2. The highest BCUT2D eigenvalue weighted by Gasteiger charge is 2.51. The highest BCUT2D eigenvalue weighted by molar-refractivity contribution is 6.08. The largest absolute Gasteiger partial charge is 0.347 e. The number of rotatable bonds is 5. The summed E-state index contributed by atoms with van der Waals surface area (Å²) in [5, 5.41) is 5.58. The Kier molecular flexibility index (Phi) is 8.30. The van der Waals surface area contributed by atoms with Crippen molar-refractivity contribution in [3.05, 3.63) is 143 Å². The van der Waals surface area contributed by atoms with Crippen LogP contribution in [0.4, 0.5) is 11.4 Å². The number of likely N-dealkylation sites (N-methyl/N-ethyl adjacent to an activating group) is 1. The molecular weight excluding hydrogens is 593 g/mol. The zero-order chi connectivity index (χ0) is 33.6. The van der Waals surface area contributed by atoms with E-state index >= 15 is 0 Å². The summed E-state index contributed by atoms with van der Waals surface area (Å²) in [5.74, 6) is 0. The smallest absolute Gasteiger partial charge is 0.210 e. The molecule has 49 heavy (non-hydrogen) atoms. The van der Waals surface area contributed by atoms with E-state index in [1.807, 2.05) is 0 Å². The van der Waals surface area contributed by atoms with Gasteiger partial charge in [0.05, 0.1) is 5.41 Å². The van der Waals surface area contributed by atoms with Gasteiger partial charge in [0.2, 0.25) is 5.69 Å². The molecule has 0 bridgehead atoms. The van der Waals surface area contributed by atoms with E-state index in [0.717, 1.165) is 0 Å². The minimum absolute atomic E-state index is 0.110. The fourth-order valence-electron chi connectivity index (χ4n) is 10.1. The Morgan fingerprint density at radius 1 is 0.673 bits per heavy atom. The van der Waals surface area contributed by atoms with E-state index < -0.39 is 0 Å². The van der Waals surface area contributed by atoms with Crippen LogP contribution >= 0.6 is 0 Å². The van der Waals surface area contributed by atoms with Crippen LogP contribution in [-0.2, 0) is 10.8 Å². The van der Waals surface area contributed by atoms with Gasteiger partial charge < -0.3 is 4.90 Å². The molecule has 2 fully saturated rings. The first-order chi connectivity index (χ1) is 23.9. The van der Waals surface area contributed by atoms with Crippen LogP contribution in [-0.4, -0.2) is 24.4 Å². The molecule has 0 atom stereocenters. The molecule has 2 heterocycles.